The van der Waals surface area contributed by atoms with E-state index in [2.05, 4.69) is 10.3 Å². The summed E-state index contributed by atoms with van der Waals surface area (Å²) in [6.07, 6.45) is 4.59. The van der Waals surface area contributed by atoms with Crippen LogP contribution in [0, 0.1) is 0 Å². The van der Waals surface area contributed by atoms with Gasteiger partial charge in [0.15, 0.2) is 0 Å². The van der Waals surface area contributed by atoms with Crippen LogP contribution in [0.25, 0.3) is 0 Å². The Morgan fingerprint density at radius 1 is 0.971 bits per heavy atom. The molecule has 2 heterocycles. The van der Waals surface area contributed by atoms with Gasteiger partial charge in [-0.15, -0.1) is 0 Å². The summed E-state index contributed by atoms with van der Waals surface area (Å²) >= 11 is 0. The first-order valence-electron chi connectivity index (χ1n) is 11.1. The topological polar surface area (TPSA) is 115 Å². The average molecular weight is 459 g/mol. The zero-order valence-corrected chi connectivity index (χ0v) is 18.6. The van der Waals surface area contributed by atoms with E-state index in [4.69, 9.17) is 10.5 Å². The summed E-state index contributed by atoms with van der Waals surface area (Å²) in [4.78, 5) is 42.7. The summed E-state index contributed by atoms with van der Waals surface area (Å²) in [6, 6.07) is 17.4. The van der Waals surface area contributed by atoms with Gasteiger partial charge in [0.25, 0.3) is 17.7 Å². The van der Waals surface area contributed by atoms with Crippen LogP contribution in [0.15, 0.2) is 73.1 Å². The second-order valence-corrected chi connectivity index (χ2v) is 8.13. The number of rotatable bonds is 7. The number of aromatic nitrogens is 1. The van der Waals surface area contributed by atoms with Gasteiger partial charge in [0.2, 0.25) is 0 Å². The fourth-order valence-corrected chi connectivity index (χ4v) is 3.93. The molecule has 34 heavy (non-hydrogen) atoms. The molecule has 3 N–H and O–H groups in total. The number of piperidine rings is 1. The number of nitrogens with one attached hydrogen (secondary N) is 1. The van der Waals surface area contributed by atoms with Crippen LogP contribution in [-0.4, -0.2) is 46.7 Å². The first-order valence-corrected chi connectivity index (χ1v) is 11.1. The summed E-state index contributed by atoms with van der Waals surface area (Å²) in [5.41, 5.74) is 7.65. The van der Waals surface area contributed by atoms with E-state index in [9.17, 15) is 14.4 Å². The highest BCUT2D eigenvalue weighted by atomic mass is 16.5. The van der Waals surface area contributed by atoms with Gasteiger partial charge in [-0.25, -0.2) is 0 Å². The number of para-hydroxylation sites is 1. The number of hydrogen-bond acceptors (Lipinski definition) is 5. The smallest absolute Gasteiger partial charge is 0.253 e. The maximum atomic E-state index is 12.8. The number of benzene rings is 2. The molecule has 3 aromatic rings. The SMILES string of the molecule is NC(=O)c1ccccc1OCc1cccc(C(=O)NC2CCN(C(=O)c3ccncc3)CC2)c1. The van der Waals surface area contributed by atoms with Crippen LogP contribution in [-0.2, 0) is 6.61 Å². The Labute approximate surface area is 197 Å². The molecule has 0 atom stereocenters. The number of ether oxygens (including phenoxy) is 1. The molecule has 0 spiro atoms. The molecule has 1 fully saturated rings. The van der Waals surface area contributed by atoms with Crippen molar-refractivity contribution in [2.24, 2.45) is 5.73 Å². The number of nitrogens with two attached hydrogens (primary N) is 1. The highest BCUT2D eigenvalue weighted by Crippen LogP contribution is 2.19. The molecule has 4 rings (SSSR count). The molecule has 0 aliphatic carbocycles. The van der Waals surface area contributed by atoms with Crippen LogP contribution >= 0.6 is 0 Å². The number of likely N-dealkylation sites (tertiary alicyclic amines) is 1. The lowest BCUT2D eigenvalue weighted by atomic mass is 10.0. The predicted octanol–water partition coefficient (Wildman–Crippen LogP) is 2.79. The van der Waals surface area contributed by atoms with Crippen LogP contribution in [0.2, 0.25) is 0 Å². The second kappa shape index (κ2) is 10.6. The Morgan fingerprint density at radius 3 is 2.44 bits per heavy atom. The maximum Gasteiger partial charge on any atom is 0.253 e. The van der Waals surface area contributed by atoms with Crippen molar-refractivity contribution < 1.29 is 19.1 Å². The Kier molecular flexibility index (Phi) is 7.17. The third kappa shape index (κ3) is 5.58. The summed E-state index contributed by atoms with van der Waals surface area (Å²) in [6.45, 7) is 1.36. The lowest BCUT2D eigenvalue weighted by Crippen LogP contribution is -2.46. The second-order valence-electron chi connectivity index (χ2n) is 8.13. The molecule has 0 unspecified atom stereocenters. The van der Waals surface area contributed by atoms with Gasteiger partial charge in [-0.1, -0.05) is 24.3 Å². The summed E-state index contributed by atoms with van der Waals surface area (Å²) < 4.78 is 5.77. The number of carbonyl (C=O) groups excluding carboxylic acids is 3. The Morgan fingerprint density at radius 2 is 1.71 bits per heavy atom. The summed E-state index contributed by atoms with van der Waals surface area (Å²) in [7, 11) is 0. The van der Waals surface area contributed by atoms with E-state index in [1.165, 1.54) is 0 Å². The molecule has 1 aromatic heterocycles. The molecular formula is C26H26N4O4. The molecule has 0 radical (unpaired) electrons. The van der Waals surface area contributed by atoms with Gasteiger partial charge in [-0.3, -0.25) is 19.4 Å². The lowest BCUT2D eigenvalue weighted by Gasteiger charge is -2.32. The standard InChI is InChI=1S/C26H26N4O4/c27-24(31)22-6-1-2-7-23(22)34-17-18-4-3-5-20(16-18)25(32)29-21-10-14-30(15-11-21)26(33)19-8-12-28-13-9-19/h1-9,12-13,16,21H,10-11,14-15,17H2,(H2,27,31)(H,29,32). The fourth-order valence-electron chi connectivity index (χ4n) is 3.93. The van der Waals surface area contributed by atoms with Crippen molar-refractivity contribution in [3.8, 4) is 5.75 Å². The highest BCUT2D eigenvalue weighted by molar-refractivity contribution is 5.96. The molecule has 1 saturated heterocycles. The van der Waals surface area contributed by atoms with E-state index in [0.29, 0.717) is 48.4 Å². The quantitative estimate of drug-likeness (QED) is 0.565. The van der Waals surface area contributed by atoms with Gasteiger partial charge in [0.05, 0.1) is 5.56 Å². The van der Waals surface area contributed by atoms with E-state index in [-0.39, 0.29) is 24.5 Å². The first-order chi connectivity index (χ1) is 16.5. The summed E-state index contributed by atoms with van der Waals surface area (Å²) in [5.74, 6) is -0.341. The van der Waals surface area contributed by atoms with Gasteiger partial charge in [-0.05, 0) is 54.8 Å². The van der Waals surface area contributed by atoms with Gasteiger partial charge in [-0.2, -0.15) is 0 Å². The summed E-state index contributed by atoms with van der Waals surface area (Å²) in [5, 5.41) is 3.07. The number of pyridine rings is 1. The van der Waals surface area contributed by atoms with Crippen molar-refractivity contribution in [1.29, 1.82) is 0 Å². The predicted molar refractivity (Wildman–Crippen MR) is 126 cm³/mol. The zero-order valence-electron chi connectivity index (χ0n) is 18.6. The monoisotopic (exact) mass is 458 g/mol. The largest absolute Gasteiger partial charge is 0.488 e. The van der Waals surface area contributed by atoms with Crippen LogP contribution in [0.4, 0.5) is 0 Å². The van der Waals surface area contributed by atoms with Crippen molar-refractivity contribution in [2.75, 3.05) is 13.1 Å². The fraction of sp³-hybridized carbons (Fsp3) is 0.231. The van der Waals surface area contributed by atoms with Gasteiger partial charge < -0.3 is 20.7 Å². The Bertz CT molecular complexity index is 1170. The van der Waals surface area contributed by atoms with Crippen molar-refractivity contribution in [3.63, 3.8) is 0 Å². The minimum atomic E-state index is -0.558. The molecule has 174 valence electrons. The molecule has 3 amide bonds. The number of nitrogens with zero attached hydrogens (tertiary/aromatic N) is 2. The van der Waals surface area contributed by atoms with E-state index >= 15 is 0 Å². The average Bonchev–Trinajstić information content (AvgIpc) is 2.88. The number of primary amides is 1. The molecule has 0 saturated carbocycles. The van der Waals surface area contributed by atoms with Crippen LogP contribution in [0.1, 0.15) is 49.5 Å². The van der Waals surface area contributed by atoms with Crippen molar-refractivity contribution in [2.45, 2.75) is 25.5 Å². The zero-order chi connectivity index (χ0) is 23.9. The van der Waals surface area contributed by atoms with E-state index in [0.717, 1.165) is 5.56 Å². The third-order valence-electron chi connectivity index (χ3n) is 5.78. The number of hydrogen-bond donors (Lipinski definition) is 2. The van der Waals surface area contributed by atoms with Crippen molar-refractivity contribution >= 4 is 17.7 Å². The first kappa shape index (κ1) is 23.0. The van der Waals surface area contributed by atoms with Gasteiger partial charge in [0, 0.05) is 42.7 Å². The van der Waals surface area contributed by atoms with Crippen LogP contribution in [0.3, 0.4) is 0 Å². The van der Waals surface area contributed by atoms with E-state index in [1.807, 2.05) is 6.07 Å². The molecular weight excluding hydrogens is 432 g/mol. The normalized spacial score (nSPS) is 13.8. The van der Waals surface area contributed by atoms with Crippen LogP contribution < -0.4 is 15.8 Å². The number of carbonyl (C=O) groups is 3. The molecule has 1 aliphatic rings. The maximum absolute atomic E-state index is 12.8. The van der Waals surface area contributed by atoms with Crippen molar-refractivity contribution in [1.82, 2.24) is 15.2 Å². The minimum absolute atomic E-state index is 0.00339. The minimum Gasteiger partial charge on any atom is -0.488 e. The number of amides is 3. The third-order valence-corrected chi connectivity index (χ3v) is 5.78. The molecule has 8 heteroatoms. The molecule has 8 nitrogen and oxygen atoms in total. The van der Waals surface area contributed by atoms with E-state index in [1.54, 1.807) is 71.9 Å². The molecule has 1 aliphatic heterocycles. The van der Waals surface area contributed by atoms with Crippen LogP contribution in [0.5, 0.6) is 5.75 Å². The van der Waals surface area contributed by atoms with Gasteiger partial charge in [0.1, 0.15) is 12.4 Å². The van der Waals surface area contributed by atoms with Crippen molar-refractivity contribution in [3.05, 3.63) is 95.3 Å². The highest BCUT2D eigenvalue weighted by Gasteiger charge is 2.25. The molecule has 0 bridgehead atoms. The Balaban J connectivity index is 1.31. The lowest BCUT2D eigenvalue weighted by molar-refractivity contribution is 0.0697. The van der Waals surface area contributed by atoms with Gasteiger partial charge >= 0.3 is 0 Å². The molecule has 2 aromatic carbocycles. The Hall–Kier alpha value is -4.20. The van der Waals surface area contributed by atoms with E-state index < -0.39 is 5.91 Å².